The Morgan fingerprint density at radius 3 is 2.35 bits per heavy atom. The minimum Gasteiger partial charge on any atom is -0.419 e. The van der Waals surface area contributed by atoms with E-state index in [1.165, 1.54) is 31.2 Å². The Balaban J connectivity index is 1.79. The monoisotopic (exact) mass is 459 g/mol. The molecule has 31 heavy (non-hydrogen) atoms. The highest BCUT2D eigenvalue weighted by atomic mass is 35.5. The van der Waals surface area contributed by atoms with Crippen LogP contribution in [0.2, 0.25) is 5.02 Å². The van der Waals surface area contributed by atoms with Gasteiger partial charge in [0, 0.05) is 43.7 Å². The number of oxazole rings is 1. The number of piperazine rings is 1. The van der Waals surface area contributed by atoms with Gasteiger partial charge in [0.15, 0.2) is 0 Å². The number of benzene rings is 2. The molecule has 1 aliphatic heterocycles. The molecule has 2 aromatic carbocycles. The molecule has 1 fully saturated rings. The number of carbonyl (C=O) groups is 1. The molecular formula is C22H22ClN3O4S. The fourth-order valence-corrected chi connectivity index (χ4v) is 4.97. The van der Waals surface area contributed by atoms with Crippen LogP contribution in [0.4, 0.5) is 5.88 Å². The molecule has 0 spiro atoms. The highest BCUT2D eigenvalue weighted by molar-refractivity contribution is 7.91. The molecule has 0 atom stereocenters. The maximum Gasteiger partial charge on any atom is 0.236 e. The number of anilines is 1. The Hall–Kier alpha value is -2.84. The lowest BCUT2D eigenvalue weighted by molar-refractivity contribution is -0.129. The van der Waals surface area contributed by atoms with Crippen molar-refractivity contribution in [1.29, 1.82) is 0 Å². The number of hydrogen-bond acceptors (Lipinski definition) is 6. The van der Waals surface area contributed by atoms with Gasteiger partial charge in [0.05, 0.1) is 4.90 Å². The third kappa shape index (κ3) is 4.31. The van der Waals surface area contributed by atoms with Crippen molar-refractivity contribution in [1.82, 2.24) is 9.88 Å². The maximum absolute atomic E-state index is 13.4. The number of aromatic nitrogens is 1. The van der Waals surface area contributed by atoms with Gasteiger partial charge >= 0.3 is 0 Å². The molecule has 2 heterocycles. The predicted molar refractivity (Wildman–Crippen MR) is 118 cm³/mol. The van der Waals surface area contributed by atoms with Gasteiger partial charge in [-0.3, -0.25) is 4.79 Å². The van der Waals surface area contributed by atoms with E-state index in [9.17, 15) is 13.2 Å². The second-order valence-electron chi connectivity index (χ2n) is 7.45. The van der Waals surface area contributed by atoms with Gasteiger partial charge < -0.3 is 14.2 Å². The summed E-state index contributed by atoms with van der Waals surface area (Å²) in [5.41, 5.74) is 1.70. The number of amides is 1. The molecule has 0 aliphatic carbocycles. The quantitative estimate of drug-likeness (QED) is 0.590. The zero-order valence-electron chi connectivity index (χ0n) is 17.2. The fraction of sp³-hybridized carbons (Fsp3) is 0.273. The third-order valence-electron chi connectivity index (χ3n) is 5.24. The summed E-state index contributed by atoms with van der Waals surface area (Å²) in [7, 11) is -3.95. The highest BCUT2D eigenvalue weighted by Gasteiger charge is 2.33. The van der Waals surface area contributed by atoms with Crippen LogP contribution in [0.3, 0.4) is 0 Å². The van der Waals surface area contributed by atoms with Crippen LogP contribution in [-0.4, -0.2) is 50.4 Å². The Kier molecular flexibility index (Phi) is 5.77. The van der Waals surface area contributed by atoms with E-state index in [0.717, 1.165) is 5.56 Å². The summed E-state index contributed by atoms with van der Waals surface area (Å²) in [6, 6.07) is 13.5. The molecule has 0 bridgehead atoms. The van der Waals surface area contributed by atoms with Gasteiger partial charge in [0.2, 0.25) is 32.5 Å². The Bertz CT molecular complexity index is 1210. The first-order chi connectivity index (χ1) is 14.8. The van der Waals surface area contributed by atoms with Crippen LogP contribution in [0.15, 0.2) is 62.9 Å². The van der Waals surface area contributed by atoms with Gasteiger partial charge in [-0.1, -0.05) is 29.3 Å². The van der Waals surface area contributed by atoms with Crippen molar-refractivity contribution in [3.63, 3.8) is 0 Å². The second-order valence-corrected chi connectivity index (χ2v) is 9.75. The lowest BCUT2D eigenvalue weighted by Gasteiger charge is -2.34. The summed E-state index contributed by atoms with van der Waals surface area (Å²) in [6.45, 7) is 5.33. The van der Waals surface area contributed by atoms with Gasteiger partial charge in [-0.25, -0.2) is 8.42 Å². The van der Waals surface area contributed by atoms with E-state index in [1.54, 1.807) is 4.90 Å². The molecular weight excluding hydrogens is 438 g/mol. The summed E-state index contributed by atoms with van der Waals surface area (Å²) in [4.78, 5) is 19.7. The van der Waals surface area contributed by atoms with Crippen molar-refractivity contribution in [2.45, 2.75) is 23.8 Å². The number of hydrogen-bond donors (Lipinski definition) is 0. The highest BCUT2D eigenvalue weighted by Crippen LogP contribution is 2.35. The zero-order chi connectivity index (χ0) is 22.2. The van der Waals surface area contributed by atoms with Crippen LogP contribution in [0, 0.1) is 6.92 Å². The number of nitrogens with zero attached hydrogens (tertiary/aromatic N) is 3. The van der Waals surface area contributed by atoms with Gasteiger partial charge in [0.1, 0.15) is 0 Å². The molecule has 1 saturated heterocycles. The molecule has 0 radical (unpaired) electrons. The first-order valence-electron chi connectivity index (χ1n) is 9.85. The van der Waals surface area contributed by atoms with Gasteiger partial charge in [-0.05, 0) is 43.3 Å². The van der Waals surface area contributed by atoms with Crippen LogP contribution >= 0.6 is 11.6 Å². The summed E-state index contributed by atoms with van der Waals surface area (Å²) < 4.78 is 32.9. The maximum atomic E-state index is 13.4. The summed E-state index contributed by atoms with van der Waals surface area (Å²) in [5, 5.41) is 0.308. The molecule has 9 heteroatoms. The number of halogens is 1. The van der Waals surface area contributed by atoms with Crippen LogP contribution in [-0.2, 0) is 14.6 Å². The molecule has 3 aromatic rings. The van der Waals surface area contributed by atoms with Gasteiger partial charge in [-0.15, -0.1) is 0 Å². The Morgan fingerprint density at radius 2 is 1.74 bits per heavy atom. The van der Waals surface area contributed by atoms with Gasteiger partial charge in [-0.2, -0.15) is 4.98 Å². The largest absolute Gasteiger partial charge is 0.419 e. The number of aryl methyl sites for hydroxylation is 1. The van der Waals surface area contributed by atoms with E-state index in [2.05, 4.69) is 4.98 Å². The molecule has 1 aliphatic rings. The standard InChI is InChI=1S/C22H22ClN3O4S/c1-15-4-3-5-17(14-15)20-24-21(31(28,29)19-8-6-18(23)7-9-19)22(30-20)26-12-10-25(11-13-26)16(2)27/h3-9,14H,10-13H2,1-2H3. The van der Waals surface area contributed by atoms with Crippen LogP contribution in [0.25, 0.3) is 11.5 Å². The first-order valence-corrected chi connectivity index (χ1v) is 11.7. The summed E-state index contributed by atoms with van der Waals surface area (Å²) in [6.07, 6.45) is 0. The first kappa shape index (κ1) is 21.4. The van der Waals surface area contributed by atoms with E-state index in [-0.39, 0.29) is 27.6 Å². The van der Waals surface area contributed by atoms with Crippen molar-refractivity contribution in [2.75, 3.05) is 31.1 Å². The Morgan fingerprint density at radius 1 is 1.06 bits per heavy atom. The molecule has 1 amide bonds. The van der Waals surface area contributed by atoms with Crippen LogP contribution < -0.4 is 4.90 Å². The molecule has 1 aromatic heterocycles. The van der Waals surface area contributed by atoms with Crippen molar-refractivity contribution < 1.29 is 17.6 Å². The fourth-order valence-electron chi connectivity index (χ4n) is 3.52. The second kappa shape index (κ2) is 8.36. The Labute approximate surface area is 186 Å². The molecule has 7 nitrogen and oxygen atoms in total. The molecule has 4 rings (SSSR count). The summed E-state index contributed by atoms with van der Waals surface area (Å²) >= 11 is 5.93. The average Bonchev–Trinajstić information content (AvgIpc) is 3.21. The van der Waals surface area contributed by atoms with Crippen molar-refractivity contribution in [3.05, 3.63) is 59.1 Å². The summed E-state index contributed by atoms with van der Waals surface area (Å²) in [5.74, 6) is 0.418. The molecule has 0 unspecified atom stereocenters. The number of sulfone groups is 1. The van der Waals surface area contributed by atoms with E-state index in [1.807, 2.05) is 36.1 Å². The SMILES string of the molecule is CC(=O)N1CCN(c2oc(-c3cccc(C)c3)nc2S(=O)(=O)c2ccc(Cl)cc2)CC1. The van der Waals surface area contributed by atoms with Crippen molar-refractivity contribution in [3.8, 4) is 11.5 Å². The predicted octanol–water partition coefficient (Wildman–Crippen LogP) is 3.80. The van der Waals surface area contributed by atoms with Gasteiger partial charge in [0.25, 0.3) is 0 Å². The molecule has 162 valence electrons. The average molecular weight is 460 g/mol. The minimum absolute atomic E-state index is 0.00770. The van der Waals surface area contributed by atoms with Crippen molar-refractivity contribution >= 4 is 33.2 Å². The lowest BCUT2D eigenvalue weighted by atomic mass is 10.1. The van der Waals surface area contributed by atoms with Crippen molar-refractivity contribution in [2.24, 2.45) is 0 Å². The smallest absolute Gasteiger partial charge is 0.236 e. The number of rotatable bonds is 4. The lowest BCUT2D eigenvalue weighted by Crippen LogP contribution is -2.48. The molecule has 0 saturated carbocycles. The van der Waals surface area contributed by atoms with E-state index in [4.69, 9.17) is 16.0 Å². The molecule has 0 N–H and O–H groups in total. The van der Waals surface area contributed by atoms with Crippen LogP contribution in [0.5, 0.6) is 0 Å². The topological polar surface area (TPSA) is 83.7 Å². The zero-order valence-corrected chi connectivity index (χ0v) is 18.8. The van der Waals surface area contributed by atoms with E-state index in [0.29, 0.717) is 36.8 Å². The van der Waals surface area contributed by atoms with E-state index < -0.39 is 9.84 Å². The minimum atomic E-state index is -3.95. The van der Waals surface area contributed by atoms with E-state index >= 15 is 0 Å². The normalized spacial score (nSPS) is 14.7. The third-order valence-corrected chi connectivity index (χ3v) is 7.15. The number of carbonyl (C=O) groups excluding carboxylic acids is 1. The van der Waals surface area contributed by atoms with Crippen LogP contribution in [0.1, 0.15) is 12.5 Å².